The molecule has 0 aliphatic heterocycles. The molecule has 0 radical (unpaired) electrons. The number of halogens is 1. The first kappa shape index (κ1) is 19.5. The molecule has 6 heteroatoms. The van der Waals surface area contributed by atoms with Crippen LogP contribution in [0.4, 0.5) is 0 Å². The molecule has 0 heterocycles. The van der Waals surface area contributed by atoms with Crippen LogP contribution in [-0.4, -0.2) is 39.3 Å². The molecule has 1 aromatic carbocycles. The maximum absolute atomic E-state index is 11.4. The Labute approximate surface area is 132 Å². The second kappa shape index (κ2) is 12.3. The molecule has 1 amide bonds. The topological polar surface area (TPSA) is 59.6 Å². The number of carbonyl (C=O) groups is 1. The molecule has 0 aliphatic rings. The summed E-state index contributed by atoms with van der Waals surface area (Å²) in [6, 6.07) is 7.50. The maximum Gasteiger partial charge on any atom is 0.220 e. The molecule has 120 valence electrons. The monoisotopic (exact) mass is 316 g/mol. The highest BCUT2D eigenvalue weighted by molar-refractivity contribution is 5.85. The normalized spacial score (nSPS) is 9.62. The first-order valence-corrected chi connectivity index (χ1v) is 7.03. The van der Waals surface area contributed by atoms with Gasteiger partial charge < -0.3 is 20.1 Å². The van der Waals surface area contributed by atoms with Crippen LogP contribution < -0.4 is 20.1 Å². The lowest BCUT2D eigenvalue weighted by molar-refractivity contribution is -0.121. The molecule has 0 spiro atoms. The molecule has 0 aromatic heterocycles. The fourth-order valence-electron chi connectivity index (χ4n) is 1.64. The Kier molecular flexibility index (Phi) is 11.4. The number of amides is 1. The standard InChI is InChI=1S/C15H24N2O3.ClH/c1-3-19-13-6-8-14(9-7-13)20-12-4-5-15(18)17-11-10-16-2;/h6-9,16H,3-5,10-12H2,1-2H3,(H,17,18);1H. The van der Waals surface area contributed by atoms with E-state index in [1.165, 1.54) is 0 Å². The number of carbonyl (C=O) groups excluding carboxylic acids is 1. The minimum Gasteiger partial charge on any atom is -0.494 e. The molecule has 1 rings (SSSR count). The SMILES string of the molecule is CCOc1ccc(OCCCC(=O)NCCNC)cc1.Cl. The molecule has 0 bridgehead atoms. The van der Waals surface area contributed by atoms with Crippen LogP contribution in [0.25, 0.3) is 0 Å². The largest absolute Gasteiger partial charge is 0.494 e. The summed E-state index contributed by atoms with van der Waals surface area (Å²) < 4.78 is 10.9. The zero-order valence-electron chi connectivity index (χ0n) is 12.7. The Balaban J connectivity index is 0.00000400. The van der Waals surface area contributed by atoms with Crippen LogP contribution in [0.2, 0.25) is 0 Å². The van der Waals surface area contributed by atoms with Crippen LogP contribution in [0.1, 0.15) is 19.8 Å². The van der Waals surface area contributed by atoms with Gasteiger partial charge in [-0.1, -0.05) is 0 Å². The van der Waals surface area contributed by atoms with Crippen LogP contribution >= 0.6 is 12.4 Å². The summed E-state index contributed by atoms with van der Waals surface area (Å²) in [5, 5.41) is 5.81. The summed E-state index contributed by atoms with van der Waals surface area (Å²) in [6.45, 7) is 4.59. The van der Waals surface area contributed by atoms with E-state index in [0.29, 0.717) is 32.6 Å². The third-order valence-electron chi connectivity index (χ3n) is 2.65. The first-order chi connectivity index (χ1) is 9.76. The maximum atomic E-state index is 11.4. The van der Waals surface area contributed by atoms with Crippen molar-refractivity contribution in [3.05, 3.63) is 24.3 Å². The molecular weight excluding hydrogens is 292 g/mol. The summed E-state index contributed by atoms with van der Waals surface area (Å²) >= 11 is 0. The van der Waals surface area contributed by atoms with Crippen LogP contribution in [0.3, 0.4) is 0 Å². The van der Waals surface area contributed by atoms with Gasteiger partial charge in [0.25, 0.3) is 0 Å². The number of hydrogen-bond acceptors (Lipinski definition) is 4. The summed E-state index contributed by atoms with van der Waals surface area (Å²) in [7, 11) is 1.86. The van der Waals surface area contributed by atoms with E-state index in [1.54, 1.807) is 0 Å². The molecule has 1 aromatic rings. The molecule has 2 N–H and O–H groups in total. The van der Waals surface area contributed by atoms with E-state index in [0.717, 1.165) is 18.0 Å². The van der Waals surface area contributed by atoms with Crippen molar-refractivity contribution in [1.29, 1.82) is 0 Å². The summed E-state index contributed by atoms with van der Waals surface area (Å²) in [5.41, 5.74) is 0. The van der Waals surface area contributed by atoms with E-state index in [9.17, 15) is 4.79 Å². The number of likely N-dealkylation sites (N-methyl/N-ethyl adjacent to an activating group) is 1. The smallest absolute Gasteiger partial charge is 0.220 e. The van der Waals surface area contributed by atoms with Gasteiger partial charge in [-0.05, 0) is 44.7 Å². The average Bonchev–Trinajstić information content (AvgIpc) is 2.46. The fraction of sp³-hybridized carbons (Fsp3) is 0.533. The Morgan fingerprint density at radius 3 is 2.29 bits per heavy atom. The lowest BCUT2D eigenvalue weighted by Gasteiger charge is -2.08. The number of hydrogen-bond donors (Lipinski definition) is 2. The van der Waals surface area contributed by atoms with Gasteiger partial charge in [-0.15, -0.1) is 12.4 Å². The molecule has 0 atom stereocenters. The molecule has 21 heavy (non-hydrogen) atoms. The Morgan fingerprint density at radius 2 is 1.71 bits per heavy atom. The second-order valence-electron chi connectivity index (χ2n) is 4.31. The predicted octanol–water partition coefficient (Wildman–Crippen LogP) is 2.00. The van der Waals surface area contributed by atoms with Gasteiger partial charge in [0.2, 0.25) is 5.91 Å². The first-order valence-electron chi connectivity index (χ1n) is 7.03. The molecule has 0 unspecified atom stereocenters. The van der Waals surface area contributed by atoms with E-state index in [-0.39, 0.29) is 18.3 Å². The van der Waals surface area contributed by atoms with Crippen molar-refractivity contribution in [1.82, 2.24) is 10.6 Å². The molecule has 0 saturated heterocycles. The van der Waals surface area contributed by atoms with Crippen molar-refractivity contribution in [3.63, 3.8) is 0 Å². The second-order valence-corrected chi connectivity index (χ2v) is 4.31. The van der Waals surface area contributed by atoms with Crippen LogP contribution in [-0.2, 0) is 4.79 Å². The van der Waals surface area contributed by atoms with E-state index in [2.05, 4.69) is 10.6 Å². The minimum absolute atomic E-state index is 0. The van der Waals surface area contributed by atoms with Crippen LogP contribution in [0, 0.1) is 0 Å². The lowest BCUT2D eigenvalue weighted by atomic mass is 10.3. The van der Waals surface area contributed by atoms with Crippen molar-refractivity contribution in [3.8, 4) is 11.5 Å². The zero-order valence-corrected chi connectivity index (χ0v) is 13.5. The number of rotatable bonds is 10. The number of ether oxygens (including phenoxy) is 2. The fourth-order valence-corrected chi connectivity index (χ4v) is 1.64. The molecular formula is C15H25ClN2O3. The van der Waals surface area contributed by atoms with Crippen molar-refractivity contribution >= 4 is 18.3 Å². The molecule has 5 nitrogen and oxygen atoms in total. The number of nitrogens with one attached hydrogen (secondary N) is 2. The van der Waals surface area contributed by atoms with Crippen LogP contribution in [0.5, 0.6) is 11.5 Å². The molecule has 0 aliphatic carbocycles. The van der Waals surface area contributed by atoms with Gasteiger partial charge in [0, 0.05) is 19.5 Å². The van der Waals surface area contributed by atoms with Gasteiger partial charge in [0.1, 0.15) is 11.5 Å². The van der Waals surface area contributed by atoms with Gasteiger partial charge in [-0.2, -0.15) is 0 Å². The minimum atomic E-state index is 0. The lowest BCUT2D eigenvalue weighted by Crippen LogP contribution is -2.30. The van der Waals surface area contributed by atoms with Crippen molar-refractivity contribution in [2.45, 2.75) is 19.8 Å². The quantitative estimate of drug-likeness (QED) is 0.648. The highest BCUT2D eigenvalue weighted by Gasteiger charge is 2.01. The number of benzene rings is 1. The van der Waals surface area contributed by atoms with E-state index in [1.807, 2.05) is 38.2 Å². The molecule has 0 saturated carbocycles. The third-order valence-corrected chi connectivity index (χ3v) is 2.65. The van der Waals surface area contributed by atoms with Gasteiger partial charge in [0.15, 0.2) is 0 Å². The highest BCUT2D eigenvalue weighted by Crippen LogP contribution is 2.17. The Morgan fingerprint density at radius 1 is 1.10 bits per heavy atom. The van der Waals surface area contributed by atoms with E-state index >= 15 is 0 Å². The average molecular weight is 317 g/mol. The van der Waals surface area contributed by atoms with Gasteiger partial charge >= 0.3 is 0 Å². The van der Waals surface area contributed by atoms with E-state index in [4.69, 9.17) is 9.47 Å². The van der Waals surface area contributed by atoms with Crippen molar-refractivity contribution in [2.75, 3.05) is 33.4 Å². The van der Waals surface area contributed by atoms with Crippen LogP contribution in [0.15, 0.2) is 24.3 Å². The highest BCUT2D eigenvalue weighted by atomic mass is 35.5. The zero-order chi connectivity index (χ0) is 14.6. The molecule has 0 fully saturated rings. The summed E-state index contributed by atoms with van der Waals surface area (Å²) in [4.78, 5) is 11.4. The predicted molar refractivity (Wildman–Crippen MR) is 86.5 cm³/mol. The van der Waals surface area contributed by atoms with Crippen molar-refractivity contribution in [2.24, 2.45) is 0 Å². The summed E-state index contributed by atoms with van der Waals surface area (Å²) in [5.74, 6) is 1.70. The Bertz CT molecular complexity index is 385. The Hall–Kier alpha value is -1.46. The summed E-state index contributed by atoms with van der Waals surface area (Å²) in [6.07, 6.45) is 1.19. The van der Waals surface area contributed by atoms with Gasteiger partial charge in [0.05, 0.1) is 13.2 Å². The van der Waals surface area contributed by atoms with E-state index < -0.39 is 0 Å². The third kappa shape index (κ3) is 9.15. The van der Waals surface area contributed by atoms with Gasteiger partial charge in [-0.25, -0.2) is 0 Å². The van der Waals surface area contributed by atoms with Crippen molar-refractivity contribution < 1.29 is 14.3 Å². The van der Waals surface area contributed by atoms with Gasteiger partial charge in [-0.3, -0.25) is 4.79 Å².